The van der Waals surface area contributed by atoms with Crippen molar-refractivity contribution in [3.8, 4) is 0 Å². The lowest BCUT2D eigenvalue weighted by atomic mass is 10.1. The average molecular weight is 360 g/mol. The highest BCUT2D eigenvalue weighted by Crippen LogP contribution is 2.17. The van der Waals surface area contributed by atoms with Crippen LogP contribution in [-0.4, -0.2) is 34.2 Å². The first-order valence-electron chi connectivity index (χ1n) is 8.15. The Bertz CT molecular complexity index is 847. The molecular formula is C19H24N2O3S. The van der Waals surface area contributed by atoms with Crippen molar-refractivity contribution < 1.29 is 13.2 Å². The van der Waals surface area contributed by atoms with Gasteiger partial charge in [-0.1, -0.05) is 35.9 Å². The van der Waals surface area contributed by atoms with Crippen LogP contribution in [0.25, 0.3) is 0 Å². The summed E-state index contributed by atoms with van der Waals surface area (Å²) in [5.41, 5.74) is 3.40. The summed E-state index contributed by atoms with van der Waals surface area (Å²) in [6, 6.07) is 14.9. The second kappa shape index (κ2) is 8.16. The Morgan fingerprint density at radius 1 is 1.12 bits per heavy atom. The fourth-order valence-electron chi connectivity index (χ4n) is 2.50. The van der Waals surface area contributed by atoms with Crippen molar-refractivity contribution >= 4 is 21.6 Å². The van der Waals surface area contributed by atoms with Gasteiger partial charge >= 0.3 is 0 Å². The summed E-state index contributed by atoms with van der Waals surface area (Å²) < 4.78 is 24.4. The van der Waals surface area contributed by atoms with Crippen molar-refractivity contribution in [2.24, 2.45) is 0 Å². The predicted molar refractivity (Wildman–Crippen MR) is 102 cm³/mol. The van der Waals surface area contributed by atoms with E-state index in [4.69, 9.17) is 0 Å². The number of benzene rings is 2. The summed E-state index contributed by atoms with van der Waals surface area (Å²) in [7, 11) is -1.89. The van der Waals surface area contributed by atoms with Crippen LogP contribution in [0.2, 0.25) is 0 Å². The zero-order valence-corrected chi connectivity index (χ0v) is 15.6. The molecule has 0 aromatic heterocycles. The molecule has 25 heavy (non-hydrogen) atoms. The summed E-state index contributed by atoms with van der Waals surface area (Å²) in [5.74, 6) is -0.201. The van der Waals surface area contributed by atoms with E-state index in [9.17, 15) is 13.2 Å². The number of amides is 1. The second-order valence-corrected chi connectivity index (χ2v) is 8.14. The molecule has 1 amide bonds. The van der Waals surface area contributed by atoms with Gasteiger partial charge in [0.05, 0.1) is 11.9 Å². The predicted octanol–water partition coefficient (Wildman–Crippen LogP) is 2.75. The van der Waals surface area contributed by atoms with Crippen LogP contribution in [0.4, 0.5) is 5.69 Å². The van der Waals surface area contributed by atoms with Crippen molar-refractivity contribution in [1.82, 2.24) is 5.32 Å². The minimum Gasteiger partial charge on any atom is -0.352 e. The molecule has 0 unspecified atom stereocenters. The Labute approximate surface area is 149 Å². The summed E-state index contributed by atoms with van der Waals surface area (Å²) in [6.45, 7) is 2.63. The third-order valence-corrected chi connectivity index (χ3v) is 5.19. The molecule has 0 aliphatic heterocycles. The number of rotatable bonds is 7. The van der Waals surface area contributed by atoms with Crippen LogP contribution >= 0.6 is 0 Å². The van der Waals surface area contributed by atoms with Gasteiger partial charge < -0.3 is 5.32 Å². The van der Waals surface area contributed by atoms with E-state index in [2.05, 4.69) is 30.4 Å². The molecular weight excluding hydrogens is 336 g/mol. The Hall–Kier alpha value is -2.34. The maximum atomic E-state index is 12.3. The first-order valence-corrected chi connectivity index (χ1v) is 10.00. The lowest BCUT2D eigenvalue weighted by Gasteiger charge is -2.17. The highest BCUT2D eigenvalue weighted by Gasteiger charge is 2.13. The number of sulfonamides is 1. The van der Waals surface area contributed by atoms with Crippen LogP contribution in [-0.2, 0) is 16.4 Å². The molecule has 6 heteroatoms. The van der Waals surface area contributed by atoms with Crippen molar-refractivity contribution in [3.05, 3.63) is 65.2 Å². The fraction of sp³-hybridized carbons (Fsp3) is 0.316. The molecule has 0 atom stereocenters. The Balaban J connectivity index is 1.91. The highest BCUT2D eigenvalue weighted by molar-refractivity contribution is 7.92. The van der Waals surface area contributed by atoms with Crippen molar-refractivity contribution in [3.63, 3.8) is 0 Å². The standard InChI is InChI=1S/C19H24N2O3S/c1-15-7-4-8-16(13-15)9-6-12-20-19(22)17-10-5-11-18(14-17)21(2)25(3,23)24/h4-5,7-8,10-11,13-14H,6,9,12H2,1-3H3,(H,20,22). The summed E-state index contributed by atoms with van der Waals surface area (Å²) in [6.07, 6.45) is 2.88. The third kappa shape index (κ3) is 5.60. The number of carbonyl (C=O) groups excluding carboxylic acids is 1. The van der Waals surface area contributed by atoms with E-state index < -0.39 is 10.0 Å². The van der Waals surface area contributed by atoms with Gasteiger partial charge in [0.15, 0.2) is 0 Å². The van der Waals surface area contributed by atoms with E-state index >= 15 is 0 Å². The van der Waals surface area contributed by atoms with Crippen molar-refractivity contribution in [2.45, 2.75) is 19.8 Å². The smallest absolute Gasteiger partial charge is 0.251 e. The van der Waals surface area contributed by atoms with E-state index in [0.717, 1.165) is 23.4 Å². The topological polar surface area (TPSA) is 66.5 Å². The molecule has 2 aromatic carbocycles. The van der Waals surface area contributed by atoms with Gasteiger partial charge in [-0.3, -0.25) is 9.10 Å². The van der Waals surface area contributed by atoms with Gasteiger partial charge in [0, 0.05) is 19.2 Å². The zero-order chi connectivity index (χ0) is 18.4. The van der Waals surface area contributed by atoms with Crippen molar-refractivity contribution in [1.29, 1.82) is 0 Å². The zero-order valence-electron chi connectivity index (χ0n) is 14.8. The lowest BCUT2D eigenvalue weighted by Crippen LogP contribution is -2.27. The molecule has 0 heterocycles. The van der Waals surface area contributed by atoms with Gasteiger partial charge in [-0.2, -0.15) is 0 Å². The fourth-order valence-corrected chi connectivity index (χ4v) is 3.00. The molecule has 0 saturated heterocycles. The monoisotopic (exact) mass is 360 g/mol. The number of nitrogens with zero attached hydrogens (tertiary/aromatic N) is 1. The molecule has 2 aromatic rings. The lowest BCUT2D eigenvalue weighted by molar-refractivity contribution is 0.0953. The first-order chi connectivity index (χ1) is 11.8. The SMILES string of the molecule is Cc1cccc(CCCNC(=O)c2cccc(N(C)S(C)(=O)=O)c2)c1. The van der Waals surface area contributed by atoms with Crippen LogP contribution in [0.15, 0.2) is 48.5 Å². The molecule has 0 bridgehead atoms. The molecule has 0 fully saturated rings. The second-order valence-electron chi connectivity index (χ2n) is 6.13. The number of hydrogen-bond acceptors (Lipinski definition) is 3. The van der Waals surface area contributed by atoms with Crippen molar-refractivity contribution in [2.75, 3.05) is 24.2 Å². The quantitative estimate of drug-likeness (QED) is 0.772. The van der Waals surface area contributed by atoms with E-state index in [-0.39, 0.29) is 5.91 Å². The van der Waals surface area contributed by atoms with Gasteiger partial charge in [0.2, 0.25) is 10.0 Å². The van der Waals surface area contributed by atoms with Crippen LogP contribution in [0.5, 0.6) is 0 Å². The van der Waals surface area contributed by atoms with Crippen LogP contribution in [0.1, 0.15) is 27.9 Å². The molecule has 5 nitrogen and oxygen atoms in total. The van der Waals surface area contributed by atoms with Crippen LogP contribution < -0.4 is 9.62 Å². The molecule has 0 radical (unpaired) electrons. The summed E-state index contributed by atoms with van der Waals surface area (Å²) >= 11 is 0. The van der Waals surface area contributed by atoms with E-state index in [1.807, 2.05) is 6.07 Å². The number of carbonyl (C=O) groups is 1. The van der Waals surface area contributed by atoms with Gasteiger partial charge in [0.25, 0.3) is 5.91 Å². The van der Waals surface area contributed by atoms with E-state index in [0.29, 0.717) is 17.8 Å². The van der Waals surface area contributed by atoms with Gasteiger partial charge in [-0.15, -0.1) is 0 Å². The summed E-state index contributed by atoms with van der Waals surface area (Å²) in [5, 5.41) is 2.88. The number of nitrogens with one attached hydrogen (secondary N) is 1. The molecule has 0 spiro atoms. The highest BCUT2D eigenvalue weighted by atomic mass is 32.2. The average Bonchev–Trinajstić information content (AvgIpc) is 2.57. The maximum Gasteiger partial charge on any atom is 0.251 e. The van der Waals surface area contributed by atoms with Gasteiger partial charge in [0.1, 0.15) is 0 Å². The molecule has 0 aliphatic rings. The third-order valence-electron chi connectivity index (χ3n) is 3.98. The Morgan fingerprint density at radius 2 is 1.84 bits per heavy atom. The van der Waals surface area contributed by atoms with Crippen LogP contribution in [0.3, 0.4) is 0 Å². The molecule has 134 valence electrons. The van der Waals surface area contributed by atoms with Gasteiger partial charge in [-0.05, 0) is 43.5 Å². The minimum absolute atomic E-state index is 0.201. The summed E-state index contributed by atoms with van der Waals surface area (Å²) in [4.78, 5) is 12.3. The Morgan fingerprint density at radius 3 is 2.52 bits per heavy atom. The molecule has 2 rings (SSSR count). The Kier molecular flexibility index (Phi) is 6.20. The molecule has 0 saturated carbocycles. The largest absolute Gasteiger partial charge is 0.352 e. The maximum absolute atomic E-state index is 12.3. The van der Waals surface area contributed by atoms with Gasteiger partial charge in [-0.25, -0.2) is 8.42 Å². The van der Waals surface area contributed by atoms with Crippen LogP contribution in [0, 0.1) is 6.92 Å². The first kappa shape index (κ1) is 19.0. The number of anilines is 1. The normalized spacial score (nSPS) is 11.2. The molecule has 0 aliphatic carbocycles. The number of hydrogen-bond donors (Lipinski definition) is 1. The number of aryl methyl sites for hydroxylation is 2. The molecule has 1 N–H and O–H groups in total. The van der Waals surface area contributed by atoms with E-state index in [1.54, 1.807) is 24.3 Å². The minimum atomic E-state index is -3.35. The van der Waals surface area contributed by atoms with E-state index in [1.165, 1.54) is 18.2 Å².